The van der Waals surface area contributed by atoms with Gasteiger partial charge in [-0.15, -0.1) is 3.71 Å². The third kappa shape index (κ3) is 2.89. The Bertz CT molecular complexity index is 505. The standard InChI is InChI=1S/C6H9N3O4S2/c7-14(10,11)9(15(8,12)13)6-4-2-1-3-5-6/h1-5H,(H2,7,10,11)(H2,8,12,13). The van der Waals surface area contributed by atoms with Crippen molar-refractivity contribution in [2.75, 3.05) is 3.71 Å². The second-order valence-electron chi connectivity index (χ2n) is 2.62. The number of hydrogen-bond donors (Lipinski definition) is 2. The smallest absolute Gasteiger partial charge is 0.210 e. The van der Waals surface area contributed by atoms with E-state index in [1.54, 1.807) is 6.07 Å². The van der Waals surface area contributed by atoms with Crippen LogP contribution in [0.3, 0.4) is 0 Å². The highest BCUT2D eigenvalue weighted by Crippen LogP contribution is 2.17. The number of anilines is 1. The van der Waals surface area contributed by atoms with E-state index in [0.717, 1.165) is 0 Å². The molecular weight excluding hydrogens is 242 g/mol. The van der Waals surface area contributed by atoms with Gasteiger partial charge in [-0.2, -0.15) is 16.8 Å². The molecule has 0 unspecified atom stereocenters. The van der Waals surface area contributed by atoms with Gasteiger partial charge < -0.3 is 0 Å². The molecule has 1 rings (SSSR count). The maximum Gasteiger partial charge on any atom is 0.313 e. The molecule has 84 valence electrons. The van der Waals surface area contributed by atoms with E-state index in [-0.39, 0.29) is 9.40 Å². The number of nitrogens with zero attached hydrogens (tertiary/aromatic N) is 1. The molecule has 0 fully saturated rings. The van der Waals surface area contributed by atoms with Gasteiger partial charge in [-0.3, -0.25) is 0 Å². The summed E-state index contributed by atoms with van der Waals surface area (Å²) in [6.45, 7) is 0. The minimum absolute atomic E-state index is 0.0417. The van der Waals surface area contributed by atoms with Crippen LogP contribution < -0.4 is 14.0 Å². The molecule has 0 atom stereocenters. The molecule has 0 spiro atoms. The fraction of sp³-hybridized carbons (Fsp3) is 0. The molecule has 7 nitrogen and oxygen atoms in total. The van der Waals surface area contributed by atoms with E-state index in [0.29, 0.717) is 0 Å². The molecule has 0 radical (unpaired) electrons. The van der Waals surface area contributed by atoms with Crippen LogP contribution in [0.15, 0.2) is 30.3 Å². The molecule has 0 bridgehead atoms. The normalized spacial score (nSPS) is 12.4. The van der Waals surface area contributed by atoms with Crippen LogP contribution >= 0.6 is 0 Å². The van der Waals surface area contributed by atoms with Crippen LogP contribution in [0.5, 0.6) is 0 Å². The van der Waals surface area contributed by atoms with Gasteiger partial charge in [0.1, 0.15) is 0 Å². The molecule has 0 aromatic heterocycles. The number of nitrogens with two attached hydrogens (primary N) is 2. The fourth-order valence-electron chi connectivity index (χ4n) is 0.988. The lowest BCUT2D eigenvalue weighted by atomic mass is 10.3. The van der Waals surface area contributed by atoms with Gasteiger partial charge >= 0.3 is 20.4 Å². The Morgan fingerprint density at radius 3 is 1.60 bits per heavy atom. The minimum Gasteiger partial charge on any atom is -0.210 e. The Morgan fingerprint density at radius 1 is 0.867 bits per heavy atom. The summed E-state index contributed by atoms with van der Waals surface area (Å²) in [4.78, 5) is 0. The second-order valence-corrected chi connectivity index (χ2v) is 5.64. The van der Waals surface area contributed by atoms with Crippen LogP contribution in [-0.4, -0.2) is 16.8 Å². The monoisotopic (exact) mass is 251 g/mol. The predicted octanol–water partition coefficient (Wildman–Crippen LogP) is -1.10. The van der Waals surface area contributed by atoms with E-state index in [4.69, 9.17) is 10.3 Å². The van der Waals surface area contributed by atoms with Crippen molar-refractivity contribution in [3.8, 4) is 0 Å². The van der Waals surface area contributed by atoms with Crippen LogP contribution in [0.4, 0.5) is 5.69 Å². The zero-order valence-corrected chi connectivity index (χ0v) is 9.07. The molecule has 0 amide bonds. The maximum atomic E-state index is 11.0. The van der Waals surface area contributed by atoms with E-state index in [2.05, 4.69) is 0 Å². The predicted molar refractivity (Wildman–Crippen MR) is 55.1 cm³/mol. The zero-order valence-electron chi connectivity index (χ0n) is 7.44. The topological polar surface area (TPSA) is 124 Å². The molecule has 0 saturated carbocycles. The lowest BCUT2D eigenvalue weighted by Crippen LogP contribution is -2.45. The van der Waals surface area contributed by atoms with Crippen molar-refractivity contribution in [1.29, 1.82) is 0 Å². The third-order valence-corrected chi connectivity index (χ3v) is 4.02. The molecule has 9 heteroatoms. The zero-order chi connectivity index (χ0) is 11.7. The fourth-order valence-corrected chi connectivity index (χ4v) is 2.98. The van der Waals surface area contributed by atoms with Gasteiger partial charge in [0.25, 0.3) is 0 Å². The first-order chi connectivity index (χ1) is 6.73. The number of hydrogen-bond acceptors (Lipinski definition) is 4. The lowest BCUT2D eigenvalue weighted by Gasteiger charge is -2.18. The highest BCUT2D eigenvalue weighted by Gasteiger charge is 2.28. The van der Waals surface area contributed by atoms with Gasteiger partial charge in [0.15, 0.2) is 0 Å². The molecule has 0 aliphatic rings. The summed E-state index contributed by atoms with van der Waals surface area (Å²) in [7, 11) is -8.91. The maximum absolute atomic E-state index is 11.0. The van der Waals surface area contributed by atoms with Gasteiger partial charge in [-0.05, 0) is 12.1 Å². The Morgan fingerprint density at radius 2 is 1.27 bits per heavy atom. The van der Waals surface area contributed by atoms with E-state index in [9.17, 15) is 16.8 Å². The van der Waals surface area contributed by atoms with Crippen molar-refractivity contribution in [3.05, 3.63) is 30.3 Å². The van der Waals surface area contributed by atoms with Crippen LogP contribution in [0, 0.1) is 0 Å². The average molecular weight is 251 g/mol. The Labute approximate surface area is 87.7 Å². The number of para-hydroxylation sites is 1. The van der Waals surface area contributed by atoms with Crippen molar-refractivity contribution in [3.63, 3.8) is 0 Å². The van der Waals surface area contributed by atoms with Gasteiger partial charge in [0.05, 0.1) is 5.69 Å². The summed E-state index contributed by atoms with van der Waals surface area (Å²) in [5.74, 6) is 0. The van der Waals surface area contributed by atoms with E-state index < -0.39 is 20.4 Å². The van der Waals surface area contributed by atoms with Crippen molar-refractivity contribution in [1.82, 2.24) is 0 Å². The summed E-state index contributed by atoms with van der Waals surface area (Å²) < 4.78 is 44.1. The van der Waals surface area contributed by atoms with E-state index in [1.807, 2.05) is 0 Å². The van der Waals surface area contributed by atoms with Gasteiger partial charge in [-0.1, -0.05) is 18.2 Å². The molecule has 0 saturated heterocycles. The molecule has 4 N–H and O–H groups in total. The summed E-state index contributed by atoms with van der Waals surface area (Å²) in [6.07, 6.45) is 0. The van der Waals surface area contributed by atoms with Crippen LogP contribution in [0.25, 0.3) is 0 Å². The third-order valence-electron chi connectivity index (χ3n) is 1.43. The van der Waals surface area contributed by atoms with Crippen molar-refractivity contribution in [2.45, 2.75) is 0 Å². The quantitative estimate of drug-likeness (QED) is 0.707. The van der Waals surface area contributed by atoms with Crippen LogP contribution in [0.1, 0.15) is 0 Å². The first-order valence-electron chi connectivity index (χ1n) is 3.64. The lowest BCUT2D eigenvalue weighted by molar-refractivity contribution is 0.586. The molecule has 0 aliphatic carbocycles. The highest BCUT2D eigenvalue weighted by atomic mass is 32.3. The van der Waals surface area contributed by atoms with Crippen molar-refractivity contribution >= 4 is 26.1 Å². The second kappa shape index (κ2) is 3.77. The molecule has 0 aliphatic heterocycles. The molecule has 1 aromatic rings. The van der Waals surface area contributed by atoms with Crippen LogP contribution in [-0.2, 0) is 20.4 Å². The van der Waals surface area contributed by atoms with Gasteiger partial charge in [0, 0.05) is 0 Å². The van der Waals surface area contributed by atoms with E-state index >= 15 is 0 Å². The summed E-state index contributed by atoms with van der Waals surface area (Å²) in [5.41, 5.74) is -0.137. The van der Waals surface area contributed by atoms with Gasteiger partial charge in [0.2, 0.25) is 0 Å². The minimum atomic E-state index is -4.46. The van der Waals surface area contributed by atoms with E-state index in [1.165, 1.54) is 24.3 Å². The number of rotatable bonds is 3. The summed E-state index contributed by atoms with van der Waals surface area (Å²) in [5, 5.41) is 9.47. The average Bonchev–Trinajstić information content (AvgIpc) is 2.00. The largest absolute Gasteiger partial charge is 0.313 e. The molecular formula is C6H9N3O4S2. The molecule has 0 heterocycles. The highest BCUT2D eigenvalue weighted by molar-refractivity contribution is 8.08. The summed E-state index contributed by atoms with van der Waals surface area (Å²) >= 11 is 0. The Kier molecular flexibility index (Phi) is 3.00. The SMILES string of the molecule is NS(=O)(=O)N(c1ccccc1)S(N)(=O)=O. The Hall–Kier alpha value is -1.16. The van der Waals surface area contributed by atoms with Gasteiger partial charge in [-0.25, -0.2) is 10.3 Å². The number of benzene rings is 1. The van der Waals surface area contributed by atoms with Crippen molar-refractivity contribution in [2.24, 2.45) is 10.3 Å². The first kappa shape index (κ1) is 11.9. The molecule has 15 heavy (non-hydrogen) atoms. The summed E-state index contributed by atoms with van der Waals surface area (Å²) in [6, 6.07) is 7.02. The first-order valence-corrected chi connectivity index (χ1v) is 6.64. The van der Waals surface area contributed by atoms with Crippen molar-refractivity contribution < 1.29 is 16.8 Å². The Balaban J connectivity index is 3.41. The molecule has 1 aromatic carbocycles. The van der Waals surface area contributed by atoms with Crippen LogP contribution in [0.2, 0.25) is 0 Å².